The van der Waals surface area contributed by atoms with Crippen LogP contribution in [0.2, 0.25) is 5.02 Å². The summed E-state index contributed by atoms with van der Waals surface area (Å²) < 4.78 is 41.5. The van der Waals surface area contributed by atoms with Crippen LogP contribution in [0.1, 0.15) is 17.0 Å². The highest BCUT2D eigenvalue weighted by Crippen LogP contribution is 2.39. The standard InChI is InChI=1S/C29H39ClN7O2P/c1-35-15-17-37(18-16-35)21-11-13-36(14-12-21)22-9-10-24(26(19-22)39-2)33-29-31-20-23(30)28(34-29)32-25-7-5-6-8-27(25)40(3,4)38/h5-10,19-21H,11-18H2,1-4H3,(H2,31,32,33,34)/i2D3. The van der Waals surface area contributed by atoms with Crippen molar-refractivity contribution < 1.29 is 13.4 Å². The van der Waals surface area contributed by atoms with Crippen molar-refractivity contribution in [1.82, 2.24) is 19.8 Å². The lowest BCUT2D eigenvalue weighted by atomic mass is 10.0. The Bertz CT molecular complexity index is 1470. The molecule has 2 aliphatic rings. The molecule has 0 spiro atoms. The van der Waals surface area contributed by atoms with Crippen molar-refractivity contribution in [2.45, 2.75) is 18.9 Å². The monoisotopic (exact) mass is 586 g/mol. The number of nitrogens with zero attached hydrogens (tertiary/aromatic N) is 5. The molecule has 0 radical (unpaired) electrons. The lowest BCUT2D eigenvalue weighted by Crippen LogP contribution is -2.52. The first kappa shape index (κ1) is 24.9. The van der Waals surface area contributed by atoms with Crippen LogP contribution in [-0.4, -0.2) is 92.5 Å². The van der Waals surface area contributed by atoms with E-state index in [9.17, 15) is 4.57 Å². The fraction of sp³-hybridized carbons (Fsp3) is 0.448. The Labute approximate surface area is 246 Å². The molecule has 0 unspecified atom stereocenters. The summed E-state index contributed by atoms with van der Waals surface area (Å²) in [5.74, 6) is 0.685. The molecular weight excluding hydrogens is 545 g/mol. The summed E-state index contributed by atoms with van der Waals surface area (Å²) in [7, 11) is -3.05. The summed E-state index contributed by atoms with van der Waals surface area (Å²) in [6.45, 7) is 9.59. The zero-order valence-corrected chi connectivity index (χ0v) is 24.9. The second kappa shape index (κ2) is 12.4. The van der Waals surface area contributed by atoms with Gasteiger partial charge in [-0.25, -0.2) is 4.98 Å². The molecule has 0 saturated carbocycles. The van der Waals surface area contributed by atoms with Gasteiger partial charge >= 0.3 is 0 Å². The minimum absolute atomic E-state index is 0.176. The Kier molecular flexibility index (Phi) is 7.69. The molecule has 5 rings (SSSR count). The van der Waals surface area contributed by atoms with Crippen LogP contribution >= 0.6 is 18.7 Å². The van der Waals surface area contributed by atoms with E-state index in [2.05, 4.69) is 42.3 Å². The summed E-state index contributed by atoms with van der Waals surface area (Å²) in [6.07, 6.45) is 3.56. The molecule has 3 heterocycles. The van der Waals surface area contributed by atoms with Gasteiger partial charge in [0.1, 0.15) is 17.9 Å². The molecule has 214 valence electrons. The first-order valence-corrected chi connectivity index (χ1v) is 16.6. The van der Waals surface area contributed by atoms with E-state index in [1.54, 1.807) is 25.5 Å². The third kappa shape index (κ3) is 6.72. The van der Waals surface area contributed by atoms with Gasteiger partial charge in [-0.2, -0.15) is 4.98 Å². The number of hydrogen-bond donors (Lipinski definition) is 2. The van der Waals surface area contributed by atoms with E-state index in [1.807, 2.05) is 30.3 Å². The average Bonchev–Trinajstić information content (AvgIpc) is 2.95. The number of para-hydroxylation sites is 1. The predicted molar refractivity (Wildman–Crippen MR) is 166 cm³/mol. The van der Waals surface area contributed by atoms with Crippen molar-refractivity contribution in [3.63, 3.8) is 0 Å². The van der Waals surface area contributed by atoms with Gasteiger partial charge in [0.15, 0.2) is 5.82 Å². The summed E-state index contributed by atoms with van der Waals surface area (Å²) in [5.41, 5.74) is 1.95. The first-order chi connectivity index (χ1) is 20.4. The Balaban J connectivity index is 1.33. The molecule has 2 saturated heterocycles. The summed E-state index contributed by atoms with van der Waals surface area (Å²) >= 11 is 6.41. The van der Waals surface area contributed by atoms with Crippen LogP contribution in [0.3, 0.4) is 0 Å². The number of rotatable bonds is 8. The molecule has 0 aliphatic carbocycles. The van der Waals surface area contributed by atoms with Gasteiger partial charge in [-0.05, 0) is 57.5 Å². The summed E-state index contributed by atoms with van der Waals surface area (Å²) in [5, 5.41) is 7.23. The molecule has 2 N–H and O–H groups in total. The number of ether oxygens (including phenoxy) is 1. The van der Waals surface area contributed by atoms with Crippen molar-refractivity contribution in [3.8, 4) is 5.75 Å². The lowest BCUT2D eigenvalue weighted by Gasteiger charge is -2.42. The Hall–Kier alpha value is -2.84. The van der Waals surface area contributed by atoms with Crippen molar-refractivity contribution in [2.24, 2.45) is 0 Å². The molecule has 3 aromatic rings. The van der Waals surface area contributed by atoms with Crippen molar-refractivity contribution in [2.75, 3.05) is 82.2 Å². The molecule has 0 amide bonds. The van der Waals surface area contributed by atoms with Gasteiger partial charge in [0.2, 0.25) is 5.95 Å². The van der Waals surface area contributed by atoms with Crippen LogP contribution in [0.4, 0.5) is 28.8 Å². The van der Waals surface area contributed by atoms with Gasteiger partial charge in [0.25, 0.3) is 0 Å². The highest BCUT2D eigenvalue weighted by atomic mass is 35.5. The number of methoxy groups -OCH3 is 1. The molecule has 11 heteroatoms. The van der Waals surface area contributed by atoms with Gasteiger partial charge in [-0.1, -0.05) is 23.7 Å². The number of likely N-dealkylation sites (N-methyl/N-ethyl adjacent to an activating group) is 1. The number of hydrogen-bond acceptors (Lipinski definition) is 9. The van der Waals surface area contributed by atoms with Crippen LogP contribution in [0.25, 0.3) is 0 Å². The zero-order valence-electron chi connectivity index (χ0n) is 26.2. The molecular formula is C29H39ClN7O2P. The number of piperidine rings is 1. The number of aromatic nitrogens is 2. The fourth-order valence-corrected chi connectivity index (χ4v) is 6.68. The van der Waals surface area contributed by atoms with Gasteiger partial charge < -0.3 is 29.7 Å². The minimum atomic E-state index is -2.64. The van der Waals surface area contributed by atoms with Gasteiger partial charge in [0.05, 0.1) is 28.7 Å². The van der Waals surface area contributed by atoms with E-state index in [-0.39, 0.29) is 16.7 Å². The van der Waals surface area contributed by atoms with Crippen LogP contribution < -0.4 is 25.6 Å². The summed E-state index contributed by atoms with van der Waals surface area (Å²) in [6, 6.07) is 13.4. The topological polar surface area (TPSA) is 85.9 Å². The highest BCUT2D eigenvalue weighted by molar-refractivity contribution is 7.70. The fourth-order valence-electron chi connectivity index (χ4n) is 5.38. The normalized spacial score (nSPS) is 19.0. The number of piperazine rings is 1. The van der Waals surface area contributed by atoms with E-state index in [0.29, 0.717) is 28.5 Å². The number of anilines is 5. The average molecular weight is 587 g/mol. The van der Waals surface area contributed by atoms with Crippen LogP contribution in [0, 0.1) is 0 Å². The van der Waals surface area contributed by atoms with Crippen LogP contribution in [0.5, 0.6) is 5.75 Å². The van der Waals surface area contributed by atoms with Crippen molar-refractivity contribution >= 4 is 52.9 Å². The van der Waals surface area contributed by atoms with E-state index >= 15 is 0 Å². The van der Waals surface area contributed by atoms with Crippen molar-refractivity contribution in [1.29, 1.82) is 0 Å². The molecule has 2 aliphatic heterocycles. The first-order valence-electron chi connectivity index (χ1n) is 15.1. The third-order valence-corrected chi connectivity index (χ3v) is 9.51. The highest BCUT2D eigenvalue weighted by Gasteiger charge is 2.27. The molecule has 9 nitrogen and oxygen atoms in total. The minimum Gasteiger partial charge on any atom is -0.494 e. The molecule has 2 fully saturated rings. The molecule has 0 bridgehead atoms. The molecule has 1 aromatic heterocycles. The molecule has 0 atom stereocenters. The van der Waals surface area contributed by atoms with E-state index in [1.165, 1.54) is 6.20 Å². The maximum Gasteiger partial charge on any atom is 0.229 e. The van der Waals surface area contributed by atoms with Crippen molar-refractivity contribution in [3.05, 3.63) is 53.7 Å². The largest absolute Gasteiger partial charge is 0.494 e. The number of halogens is 1. The predicted octanol–water partition coefficient (Wildman–Crippen LogP) is 5.09. The SMILES string of the molecule is [2H]C([2H])([2H])Oc1cc(N2CCC(N3CCN(C)CC3)CC2)ccc1Nc1ncc(Cl)c(Nc2ccccc2P(C)(C)=O)n1. The zero-order chi connectivity index (χ0) is 30.8. The second-order valence-corrected chi connectivity index (χ2v) is 14.4. The van der Waals surface area contributed by atoms with Crippen LogP contribution in [0.15, 0.2) is 48.7 Å². The second-order valence-electron chi connectivity index (χ2n) is 10.8. The Morgan fingerprint density at radius 2 is 1.77 bits per heavy atom. The Morgan fingerprint density at radius 3 is 2.50 bits per heavy atom. The summed E-state index contributed by atoms with van der Waals surface area (Å²) in [4.78, 5) is 16.1. The number of benzene rings is 2. The maximum atomic E-state index is 12.8. The molecule has 2 aromatic carbocycles. The van der Waals surface area contributed by atoms with E-state index < -0.39 is 14.2 Å². The third-order valence-electron chi connectivity index (χ3n) is 7.69. The Morgan fingerprint density at radius 1 is 1.02 bits per heavy atom. The number of nitrogens with one attached hydrogen (secondary N) is 2. The van der Waals surface area contributed by atoms with Gasteiger partial charge in [0, 0.05) is 62.4 Å². The van der Waals surface area contributed by atoms with E-state index in [4.69, 9.17) is 20.5 Å². The van der Waals surface area contributed by atoms with Gasteiger partial charge in [-0.3, -0.25) is 4.90 Å². The molecule has 40 heavy (non-hydrogen) atoms. The smallest absolute Gasteiger partial charge is 0.229 e. The lowest BCUT2D eigenvalue weighted by molar-refractivity contribution is 0.0982. The van der Waals surface area contributed by atoms with Gasteiger partial charge in [-0.15, -0.1) is 0 Å². The quantitative estimate of drug-likeness (QED) is 0.351. The van der Waals surface area contributed by atoms with Crippen LogP contribution in [-0.2, 0) is 4.57 Å². The van der Waals surface area contributed by atoms with E-state index in [0.717, 1.165) is 57.8 Å². The maximum absolute atomic E-state index is 12.8.